The van der Waals surface area contributed by atoms with Gasteiger partial charge in [0.15, 0.2) is 0 Å². The molecule has 4 rings (SSSR count). The standard InChI is InChI=1S/C17H14N2O2/c20-17(21)11-9-13-12-5-1-2-6-14(12)19(15(13)10-11)16-7-3-4-8-18-16/h1-8,11H,9-10H2,(H,20,21). The Hall–Kier alpha value is -2.62. The number of rotatable bonds is 2. The summed E-state index contributed by atoms with van der Waals surface area (Å²) in [5, 5.41) is 10.5. The first-order valence-electron chi connectivity index (χ1n) is 7.01. The van der Waals surface area contributed by atoms with Crippen molar-refractivity contribution in [3.8, 4) is 5.82 Å². The molecule has 21 heavy (non-hydrogen) atoms. The van der Waals surface area contributed by atoms with Crippen LogP contribution in [0.1, 0.15) is 11.3 Å². The molecule has 0 fully saturated rings. The number of hydrogen-bond donors (Lipinski definition) is 1. The lowest BCUT2D eigenvalue weighted by Crippen LogP contribution is -2.14. The Kier molecular flexibility index (Phi) is 2.57. The van der Waals surface area contributed by atoms with Crippen LogP contribution in [0.15, 0.2) is 48.7 Å². The van der Waals surface area contributed by atoms with E-state index >= 15 is 0 Å². The van der Waals surface area contributed by atoms with Crippen LogP contribution in [0, 0.1) is 5.92 Å². The van der Waals surface area contributed by atoms with Crippen molar-refractivity contribution in [1.82, 2.24) is 9.55 Å². The molecule has 0 radical (unpaired) electrons. The Morgan fingerprint density at radius 1 is 1.14 bits per heavy atom. The van der Waals surface area contributed by atoms with Crippen molar-refractivity contribution in [2.45, 2.75) is 12.8 Å². The molecule has 3 aromatic rings. The summed E-state index contributed by atoms with van der Waals surface area (Å²) >= 11 is 0. The average Bonchev–Trinajstić information content (AvgIpc) is 3.05. The van der Waals surface area contributed by atoms with Gasteiger partial charge in [0.1, 0.15) is 5.82 Å². The highest BCUT2D eigenvalue weighted by atomic mass is 16.4. The number of carbonyl (C=O) groups is 1. The number of carboxylic acid groups (broad SMARTS) is 1. The molecule has 0 spiro atoms. The maximum atomic E-state index is 11.3. The summed E-state index contributed by atoms with van der Waals surface area (Å²) < 4.78 is 2.10. The Balaban J connectivity index is 1.99. The summed E-state index contributed by atoms with van der Waals surface area (Å²) in [4.78, 5) is 15.8. The first-order valence-corrected chi connectivity index (χ1v) is 7.01. The molecule has 1 aliphatic rings. The second-order valence-electron chi connectivity index (χ2n) is 5.41. The fourth-order valence-electron chi connectivity index (χ4n) is 3.28. The zero-order chi connectivity index (χ0) is 14.4. The number of fused-ring (bicyclic) bond motifs is 3. The summed E-state index contributed by atoms with van der Waals surface area (Å²) in [5.74, 6) is -0.196. The van der Waals surface area contributed by atoms with Crippen molar-refractivity contribution >= 4 is 16.9 Å². The van der Waals surface area contributed by atoms with E-state index in [1.807, 2.05) is 30.3 Å². The van der Waals surface area contributed by atoms with Crippen LogP contribution in [0.2, 0.25) is 0 Å². The predicted octanol–water partition coefficient (Wildman–Crippen LogP) is 2.82. The van der Waals surface area contributed by atoms with Gasteiger partial charge in [0, 0.05) is 23.7 Å². The summed E-state index contributed by atoms with van der Waals surface area (Å²) in [6.45, 7) is 0. The van der Waals surface area contributed by atoms with Gasteiger partial charge in [-0.25, -0.2) is 4.98 Å². The van der Waals surface area contributed by atoms with Crippen LogP contribution in [-0.2, 0) is 17.6 Å². The number of para-hydroxylation sites is 1. The van der Waals surface area contributed by atoms with Gasteiger partial charge >= 0.3 is 5.97 Å². The van der Waals surface area contributed by atoms with E-state index in [4.69, 9.17) is 0 Å². The van der Waals surface area contributed by atoms with E-state index in [-0.39, 0.29) is 5.92 Å². The van der Waals surface area contributed by atoms with Gasteiger partial charge in [-0.1, -0.05) is 24.3 Å². The molecule has 2 aromatic heterocycles. The molecule has 0 aliphatic heterocycles. The van der Waals surface area contributed by atoms with Crippen molar-refractivity contribution in [3.63, 3.8) is 0 Å². The lowest BCUT2D eigenvalue weighted by molar-refractivity contribution is -0.141. The maximum Gasteiger partial charge on any atom is 0.307 e. The van der Waals surface area contributed by atoms with Crippen LogP contribution in [-0.4, -0.2) is 20.6 Å². The molecule has 1 atom stereocenters. The van der Waals surface area contributed by atoms with Gasteiger partial charge in [-0.2, -0.15) is 0 Å². The molecule has 4 nitrogen and oxygen atoms in total. The highest BCUT2D eigenvalue weighted by Gasteiger charge is 2.32. The first kappa shape index (κ1) is 12.1. The third-order valence-electron chi connectivity index (χ3n) is 4.21. The van der Waals surface area contributed by atoms with E-state index in [2.05, 4.69) is 21.7 Å². The second-order valence-corrected chi connectivity index (χ2v) is 5.41. The lowest BCUT2D eigenvalue weighted by Gasteiger charge is -2.09. The smallest absolute Gasteiger partial charge is 0.307 e. The molecule has 104 valence electrons. The van der Waals surface area contributed by atoms with Crippen molar-refractivity contribution in [1.29, 1.82) is 0 Å². The lowest BCUT2D eigenvalue weighted by atomic mass is 10.1. The third-order valence-corrected chi connectivity index (χ3v) is 4.21. The van der Waals surface area contributed by atoms with Crippen molar-refractivity contribution < 1.29 is 9.90 Å². The monoisotopic (exact) mass is 278 g/mol. The van der Waals surface area contributed by atoms with E-state index in [9.17, 15) is 9.90 Å². The second kappa shape index (κ2) is 4.45. The largest absolute Gasteiger partial charge is 0.481 e. The van der Waals surface area contributed by atoms with E-state index in [0.29, 0.717) is 12.8 Å². The van der Waals surface area contributed by atoms with Gasteiger partial charge in [-0.3, -0.25) is 9.36 Å². The number of aliphatic carboxylic acids is 1. The molecule has 0 saturated carbocycles. The van der Waals surface area contributed by atoms with E-state index in [1.54, 1.807) is 6.20 Å². The predicted molar refractivity (Wildman–Crippen MR) is 79.6 cm³/mol. The average molecular weight is 278 g/mol. The summed E-state index contributed by atoms with van der Waals surface area (Å²) in [6, 6.07) is 13.9. The maximum absolute atomic E-state index is 11.3. The molecule has 1 N–H and O–H groups in total. The Bertz CT molecular complexity index is 837. The van der Waals surface area contributed by atoms with Crippen LogP contribution in [0.3, 0.4) is 0 Å². The van der Waals surface area contributed by atoms with Crippen LogP contribution in [0.25, 0.3) is 16.7 Å². The van der Waals surface area contributed by atoms with E-state index < -0.39 is 5.97 Å². The number of benzene rings is 1. The quantitative estimate of drug-likeness (QED) is 0.784. The number of aromatic nitrogens is 2. The van der Waals surface area contributed by atoms with Crippen LogP contribution in [0.4, 0.5) is 0 Å². The van der Waals surface area contributed by atoms with Crippen molar-refractivity contribution in [2.24, 2.45) is 5.92 Å². The first-order chi connectivity index (χ1) is 10.3. The summed E-state index contributed by atoms with van der Waals surface area (Å²) in [5.41, 5.74) is 3.34. The molecule has 1 aliphatic carbocycles. The Morgan fingerprint density at radius 2 is 1.95 bits per heavy atom. The number of pyridine rings is 1. The van der Waals surface area contributed by atoms with Crippen LogP contribution in [0.5, 0.6) is 0 Å². The fourth-order valence-corrected chi connectivity index (χ4v) is 3.28. The minimum atomic E-state index is -0.720. The van der Waals surface area contributed by atoms with Crippen LogP contribution >= 0.6 is 0 Å². The highest BCUT2D eigenvalue weighted by Crippen LogP contribution is 2.37. The molecule has 1 unspecified atom stereocenters. The van der Waals surface area contributed by atoms with Gasteiger partial charge in [0.25, 0.3) is 0 Å². The zero-order valence-corrected chi connectivity index (χ0v) is 11.4. The Labute approximate surface area is 121 Å². The minimum Gasteiger partial charge on any atom is -0.481 e. The van der Waals surface area contributed by atoms with Crippen LogP contribution < -0.4 is 0 Å². The third kappa shape index (κ3) is 1.76. The molecule has 0 saturated heterocycles. The molecule has 0 bridgehead atoms. The van der Waals surface area contributed by atoms with E-state index in [0.717, 1.165) is 28.0 Å². The van der Waals surface area contributed by atoms with Crippen molar-refractivity contribution in [2.75, 3.05) is 0 Å². The number of nitrogens with zero attached hydrogens (tertiary/aromatic N) is 2. The van der Waals surface area contributed by atoms with Gasteiger partial charge in [0.05, 0.1) is 11.4 Å². The number of hydrogen-bond acceptors (Lipinski definition) is 2. The van der Waals surface area contributed by atoms with Gasteiger partial charge in [-0.05, 0) is 30.2 Å². The fraction of sp³-hybridized carbons (Fsp3) is 0.176. The topological polar surface area (TPSA) is 55.1 Å². The SMILES string of the molecule is O=C(O)C1Cc2c(n(-c3ccccn3)c3ccccc23)C1. The van der Waals surface area contributed by atoms with E-state index in [1.165, 1.54) is 0 Å². The minimum absolute atomic E-state index is 0.324. The van der Waals surface area contributed by atoms with Gasteiger partial charge < -0.3 is 5.11 Å². The molecule has 0 amide bonds. The van der Waals surface area contributed by atoms with Gasteiger partial charge in [0.2, 0.25) is 0 Å². The molecular weight excluding hydrogens is 264 g/mol. The highest BCUT2D eigenvalue weighted by molar-refractivity contribution is 5.89. The molecule has 1 aromatic carbocycles. The van der Waals surface area contributed by atoms with Crippen molar-refractivity contribution in [3.05, 3.63) is 59.9 Å². The normalized spacial score (nSPS) is 17.0. The van der Waals surface area contributed by atoms with Gasteiger partial charge in [-0.15, -0.1) is 0 Å². The zero-order valence-electron chi connectivity index (χ0n) is 11.4. The Morgan fingerprint density at radius 3 is 2.71 bits per heavy atom. The molecular formula is C17H14N2O2. The molecule has 2 heterocycles. The summed E-state index contributed by atoms with van der Waals surface area (Å²) in [7, 11) is 0. The number of carboxylic acids is 1. The summed E-state index contributed by atoms with van der Waals surface area (Å²) in [6.07, 6.45) is 2.93. The molecule has 4 heteroatoms.